The Kier molecular flexibility index (Phi) is 3.88. The van der Waals surface area contributed by atoms with Crippen molar-refractivity contribution < 1.29 is 5.11 Å². The lowest BCUT2D eigenvalue weighted by atomic mass is 9.93. The maximum atomic E-state index is 9.20. The van der Waals surface area contributed by atoms with Crippen molar-refractivity contribution in [3.05, 3.63) is 0 Å². The molecule has 0 spiro atoms. The largest absolute Gasteiger partial charge is 0.396 e. The van der Waals surface area contributed by atoms with Crippen molar-refractivity contribution in [2.45, 2.75) is 51.6 Å². The van der Waals surface area contributed by atoms with E-state index in [1.165, 1.54) is 38.8 Å². The average molecular weight is 226 g/mol. The summed E-state index contributed by atoms with van der Waals surface area (Å²) in [7, 11) is 0. The summed E-state index contributed by atoms with van der Waals surface area (Å²) in [5.41, 5.74) is 0.0215. The molecule has 94 valence electrons. The van der Waals surface area contributed by atoms with E-state index in [-0.39, 0.29) is 12.0 Å². The SMILES string of the molecule is CC(C)(CO)CNC1CCN(C2CC2)CC1. The fourth-order valence-electron chi connectivity index (χ4n) is 2.38. The van der Waals surface area contributed by atoms with Crippen LogP contribution in [0, 0.1) is 5.41 Å². The Morgan fingerprint density at radius 2 is 1.81 bits per heavy atom. The molecule has 0 amide bonds. The number of hydrogen-bond acceptors (Lipinski definition) is 3. The zero-order chi connectivity index (χ0) is 11.6. The van der Waals surface area contributed by atoms with Crippen LogP contribution in [-0.2, 0) is 0 Å². The second-order valence-corrected chi connectivity index (χ2v) is 6.24. The van der Waals surface area contributed by atoms with Crippen LogP contribution in [0.5, 0.6) is 0 Å². The zero-order valence-corrected chi connectivity index (χ0v) is 10.7. The van der Waals surface area contributed by atoms with Gasteiger partial charge < -0.3 is 15.3 Å². The van der Waals surface area contributed by atoms with E-state index in [1.54, 1.807) is 0 Å². The summed E-state index contributed by atoms with van der Waals surface area (Å²) in [6.07, 6.45) is 5.40. The van der Waals surface area contributed by atoms with E-state index in [0.717, 1.165) is 12.6 Å². The summed E-state index contributed by atoms with van der Waals surface area (Å²) in [5.74, 6) is 0. The van der Waals surface area contributed by atoms with E-state index in [2.05, 4.69) is 24.1 Å². The molecule has 3 heteroatoms. The van der Waals surface area contributed by atoms with Gasteiger partial charge in [-0.25, -0.2) is 0 Å². The first-order valence-corrected chi connectivity index (χ1v) is 6.69. The molecule has 0 aromatic heterocycles. The third-order valence-electron chi connectivity index (χ3n) is 3.89. The Balaban J connectivity index is 1.65. The molecule has 0 bridgehead atoms. The fraction of sp³-hybridized carbons (Fsp3) is 1.00. The minimum Gasteiger partial charge on any atom is -0.396 e. The molecule has 0 unspecified atom stereocenters. The van der Waals surface area contributed by atoms with E-state index in [4.69, 9.17) is 0 Å². The number of aliphatic hydroxyl groups excluding tert-OH is 1. The molecule has 2 aliphatic rings. The van der Waals surface area contributed by atoms with Crippen molar-refractivity contribution in [2.24, 2.45) is 5.41 Å². The number of hydrogen-bond donors (Lipinski definition) is 2. The first-order chi connectivity index (χ1) is 7.61. The maximum Gasteiger partial charge on any atom is 0.0494 e. The van der Waals surface area contributed by atoms with Gasteiger partial charge in [-0.2, -0.15) is 0 Å². The van der Waals surface area contributed by atoms with Gasteiger partial charge in [0.05, 0.1) is 0 Å². The van der Waals surface area contributed by atoms with Gasteiger partial charge in [-0.15, -0.1) is 0 Å². The summed E-state index contributed by atoms with van der Waals surface area (Å²) < 4.78 is 0. The van der Waals surface area contributed by atoms with E-state index >= 15 is 0 Å². The molecule has 0 aromatic rings. The van der Waals surface area contributed by atoms with E-state index < -0.39 is 0 Å². The highest BCUT2D eigenvalue weighted by molar-refractivity contribution is 4.89. The Morgan fingerprint density at radius 1 is 1.19 bits per heavy atom. The molecule has 0 radical (unpaired) electrons. The van der Waals surface area contributed by atoms with Crippen molar-refractivity contribution in [3.63, 3.8) is 0 Å². The molecule has 1 aliphatic carbocycles. The van der Waals surface area contributed by atoms with Gasteiger partial charge in [0.1, 0.15) is 0 Å². The van der Waals surface area contributed by atoms with Gasteiger partial charge in [-0.05, 0) is 38.8 Å². The van der Waals surface area contributed by atoms with Crippen LogP contribution in [0.3, 0.4) is 0 Å². The van der Waals surface area contributed by atoms with Gasteiger partial charge in [0.25, 0.3) is 0 Å². The second kappa shape index (κ2) is 5.03. The molecule has 3 nitrogen and oxygen atoms in total. The average Bonchev–Trinajstić information content (AvgIpc) is 3.11. The van der Waals surface area contributed by atoms with Crippen LogP contribution in [0.25, 0.3) is 0 Å². The van der Waals surface area contributed by atoms with Crippen LogP contribution in [0.1, 0.15) is 39.5 Å². The van der Waals surface area contributed by atoms with Gasteiger partial charge in [0.2, 0.25) is 0 Å². The minimum atomic E-state index is 0.0215. The van der Waals surface area contributed by atoms with E-state index in [0.29, 0.717) is 6.04 Å². The fourth-order valence-corrected chi connectivity index (χ4v) is 2.38. The third kappa shape index (κ3) is 3.44. The summed E-state index contributed by atoms with van der Waals surface area (Å²) in [4.78, 5) is 2.65. The monoisotopic (exact) mass is 226 g/mol. The van der Waals surface area contributed by atoms with Crippen LogP contribution >= 0.6 is 0 Å². The zero-order valence-electron chi connectivity index (χ0n) is 10.7. The van der Waals surface area contributed by atoms with Crippen LogP contribution in [0.2, 0.25) is 0 Å². The molecule has 0 atom stereocenters. The summed E-state index contributed by atoms with van der Waals surface area (Å²) in [6.45, 7) is 7.95. The lowest BCUT2D eigenvalue weighted by Crippen LogP contribution is -2.46. The quantitative estimate of drug-likeness (QED) is 0.740. The maximum absolute atomic E-state index is 9.20. The molecule has 2 fully saturated rings. The van der Waals surface area contributed by atoms with Crippen LogP contribution < -0.4 is 5.32 Å². The first kappa shape index (κ1) is 12.3. The molecule has 16 heavy (non-hydrogen) atoms. The number of piperidine rings is 1. The number of nitrogens with zero attached hydrogens (tertiary/aromatic N) is 1. The Hall–Kier alpha value is -0.120. The van der Waals surface area contributed by atoms with Crippen LogP contribution in [0.4, 0.5) is 0 Å². The van der Waals surface area contributed by atoms with Crippen LogP contribution in [0.15, 0.2) is 0 Å². The standard InChI is InChI=1S/C13H26N2O/c1-13(2,10-16)9-14-11-5-7-15(8-6-11)12-3-4-12/h11-12,14,16H,3-10H2,1-2H3. The van der Waals surface area contributed by atoms with Gasteiger partial charge >= 0.3 is 0 Å². The molecule has 1 heterocycles. The molecule has 2 rings (SSSR count). The topological polar surface area (TPSA) is 35.5 Å². The molecule has 2 N–H and O–H groups in total. The van der Waals surface area contributed by atoms with E-state index in [1.807, 2.05) is 0 Å². The molecular weight excluding hydrogens is 200 g/mol. The highest BCUT2D eigenvalue weighted by atomic mass is 16.3. The Bertz CT molecular complexity index is 218. The minimum absolute atomic E-state index is 0.0215. The Morgan fingerprint density at radius 3 is 2.31 bits per heavy atom. The summed E-state index contributed by atoms with van der Waals surface area (Å²) in [6, 6.07) is 1.59. The second-order valence-electron chi connectivity index (χ2n) is 6.24. The highest BCUT2D eigenvalue weighted by Gasteiger charge is 2.31. The third-order valence-corrected chi connectivity index (χ3v) is 3.89. The van der Waals surface area contributed by atoms with Gasteiger partial charge in [-0.3, -0.25) is 0 Å². The van der Waals surface area contributed by atoms with Crippen molar-refractivity contribution in [1.82, 2.24) is 10.2 Å². The lowest BCUT2D eigenvalue weighted by Gasteiger charge is -2.34. The van der Waals surface area contributed by atoms with Crippen molar-refractivity contribution in [1.29, 1.82) is 0 Å². The molecule has 1 saturated heterocycles. The van der Waals surface area contributed by atoms with Crippen molar-refractivity contribution >= 4 is 0 Å². The van der Waals surface area contributed by atoms with Gasteiger partial charge in [-0.1, -0.05) is 13.8 Å². The van der Waals surface area contributed by atoms with E-state index in [9.17, 15) is 5.11 Å². The molecule has 1 aliphatic heterocycles. The predicted octanol–water partition coefficient (Wildman–Crippen LogP) is 1.22. The van der Waals surface area contributed by atoms with Crippen molar-refractivity contribution in [3.8, 4) is 0 Å². The first-order valence-electron chi connectivity index (χ1n) is 6.69. The normalized spacial score (nSPS) is 24.9. The smallest absolute Gasteiger partial charge is 0.0494 e. The van der Waals surface area contributed by atoms with Crippen LogP contribution in [-0.4, -0.2) is 48.3 Å². The van der Waals surface area contributed by atoms with Crippen molar-refractivity contribution in [2.75, 3.05) is 26.2 Å². The molecular formula is C13H26N2O. The molecule has 1 saturated carbocycles. The summed E-state index contributed by atoms with van der Waals surface area (Å²) >= 11 is 0. The molecule has 0 aromatic carbocycles. The van der Waals surface area contributed by atoms with Gasteiger partial charge in [0, 0.05) is 30.7 Å². The predicted molar refractivity (Wildman–Crippen MR) is 66.5 cm³/mol. The lowest BCUT2D eigenvalue weighted by molar-refractivity contribution is 0.139. The number of rotatable bonds is 5. The Labute approximate surface area is 99.2 Å². The number of nitrogens with one attached hydrogen (secondary N) is 1. The number of aliphatic hydroxyl groups is 1. The number of likely N-dealkylation sites (tertiary alicyclic amines) is 1. The van der Waals surface area contributed by atoms with Gasteiger partial charge in [0.15, 0.2) is 0 Å². The summed E-state index contributed by atoms with van der Waals surface area (Å²) in [5, 5.41) is 12.8. The highest BCUT2D eigenvalue weighted by Crippen LogP contribution is 2.29.